The Kier molecular flexibility index (Phi) is 7.53. The minimum Gasteiger partial charge on any atom is -0.396 e. The zero-order valence-electron chi connectivity index (χ0n) is 21.6. The molecule has 0 radical (unpaired) electrons. The van der Waals surface area contributed by atoms with Crippen LogP contribution in [-0.2, 0) is 10.8 Å². The molecular formula is C31H40N2O2. The van der Waals surface area contributed by atoms with Crippen LogP contribution in [-0.4, -0.2) is 42.6 Å². The Morgan fingerprint density at radius 1 is 0.771 bits per heavy atom. The summed E-state index contributed by atoms with van der Waals surface area (Å²) in [6.45, 7) is 11.2. The maximum absolute atomic E-state index is 9.44. The first-order valence-electron chi connectivity index (χ1n) is 12.8. The lowest BCUT2D eigenvalue weighted by atomic mass is 9.80. The molecule has 2 aromatic carbocycles. The second-order valence-corrected chi connectivity index (χ2v) is 10.6. The molecule has 2 aromatic rings. The van der Waals surface area contributed by atoms with E-state index < -0.39 is 0 Å². The predicted octanol–water partition coefficient (Wildman–Crippen LogP) is 5.71. The van der Waals surface area contributed by atoms with E-state index in [1.165, 1.54) is 28.2 Å². The van der Waals surface area contributed by atoms with Crippen LogP contribution in [0.15, 0.2) is 84.6 Å². The van der Waals surface area contributed by atoms with Gasteiger partial charge in [0.15, 0.2) is 0 Å². The van der Waals surface area contributed by atoms with E-state index in [9.17, 15) is 10.2 Å². The van der Waals surface area contributed by atoms with Crippen molar-refractivity contribution in [3.05, 3.63) is 95.7 Å². The third-order valence-electron chi connectivity index (χ3n) is 7.65. The van der Waals surface area contributed by atoms with Crippen LogP contribution in [0.4, 0.5) is 11.4 Å². The third-order valence-corrected chi connectivity index (χ3v) is 7.65. The van der Waals surface area contributed by atoms with Crippen LogP contribution in [0, 0.1) is 0 Å². The number of para-hydroxylation sites is 2. The molecule has 0 fully saturated rings. The number of rotatable bonds is 9. The summed E-state index contributed by atoms with van der Waals surface area (Å²) in [5, 5.41) is 18.9. The number of fused-ring (bicyclic) bond motifs is 2. The summed E-state index contributed by atoms with van der Waals surface area (Å²) >= 11 is 0. The number of aliphatic hydroxyl groups excluding tert-OH is 2. The topological polar surface area (TPSA) is 46.9 Å². The van der Waals surface area contributed by atoms with Crippen LogP contribution in [0.3, 0.4) is 0 Å². The molecule has 1 atom stereocenters. The van der Waals surface area contributed by atoms with Gasteiger partial charge in [0.25, 0.3) is 0 Å². The molecule has 0 saturated heterocycles. The second-order valence-electron chi connectivity index (χ2n) is 10.6. The minimum atomic E-state index is -0.0870. The van der Waals surface area contributed by atoms with Gasteiger partial charge in [0.05, 0.1) is 6.04 Å². The van der Waals surface area contributed by atoms with E-state index in [0.717, 1.165) is 25.9 Å². The van der Waals surface area contributed by atoms with Gasteiger partial charge in [-0.15, -0.1) is 0 Å². The first-order chi connectivity index (χ1) is 16.8. The normalized spacial score (nSPS) is 21.4. The standard InChI is InChI=1S/C31H40N2O2/c1-30(2)24-14-8-10-16-26(24)32(20-12-22-34)28(30)18-6-5-7-19-29-31(3,4)25-15-9-11-17-27(25)33(29)21-13-23-35/h5-11,14-19,28,34-35H,12-13,20-23H2,1-4H3/b7-5+,18-6+,29-19+. The largest absolute Gasteiger partial charge is 0.396 e. The average Bonchev–Trinajstić information content (AvgIpc) is 3.20. The molecule has 4 heteroatoms. The Labute approximate surface area is 210 Å². The number of hydrogen-bond donors (Lipinski definition) is 2. The highest BCUT2D eigenvalue weighted by atomic mass is 16.3. The fourth-order valence-electron chi connectivity index (χ4n) is 5.80. The Morgan fingerprint density at radius 3 is 2.11 bits per heavy atom. The van der Waals surface area contributed by atoms with Gasteiger partial charge in [-0.05, 0) is 42.2 Å². The van der Waals surface area contributed by atoms with E-state index >= 15 is 0 Å². The number of allylic oxidation sites excluding steroid dienone is 5. The Hall–Kier alpha value is -2.82. The zero-order chi connectivity index (χ0) is 25.1. The molecule has 4 nitrogen and oxygen atoms in total. The molecule has 186 valence electrons. The lowest BCUT2D eigenvalue weighted by Gasteiger charge is -2.32. The molecule has 2 N–H and O–H groups in total. The number of aliphatic hydroxyl groups is 2. The van der Waals surface area contributed by atoms with Crippen LogP contribution in [0.25, 0.3) is 0 Å². The fourth-order valence-corrected chi connectivity index (χ4v) is 5.80. The molecule has 0 aromatic heterocycles. The molecule has 0 saturated carbocycles. The van der Waals surface area contributed by atoms with Gasteiger partial charge in [0, 0.05) is 54.2 Å². The van der Waals surface area contributed by atoms with E-state index in [0.29, 0.717) is 0 Å². The number of hydrogen-bond acceptors (Lipinski definition) is 4. The molecule has 0 amide bonds. The van der Waals surface area contributed by atoms with Gasteiger partial charge in [0.1, 0.15) is 0 Å². The number of anilines is 2. The van der Waals surface area contributed by atoms with Gasteiger partial charge < -0.3 is 20.0 Å². The third kappa shape index (κ3) is 4.70. The average molecular weight is 473 g/mol. The van der Waals surface area contributed by atoms with Crippen molar-refractivity contribution in [2.45, 2.75) is 57.4 Å². The maximum Gasteiger partial charge on any atom is 0.0568 e. The molecule has 0 bridgehead atoms. The Bertz CT molecular complexity index is 1110. The molecular weight excluding hydrogens is 432 g/mol. The molecule has 2 heterocycles. The monoisotopic (exact) mass is 472 g/mol. The SMILES string of the molecule is CC1(C)\C(=C/C=C/C=C/C2N(CCCO)c3ccccc3C2(C)C)N(CCCO)c2ccccc21. The van der Waals surface area contributed by atoms with Crippen LogP contribution < -0.4 is 9.80 Å². The molecule has 1 unspecified atom stereocenters. The van der Waals surface area contributed by atoms with Crippen LogP contribution >= 0.6 is 0 Å². The highest BCUT2D eigenvalue weighted by Crippen LogP contribution is 2.48. The van der Waals surface area contributed by atoms with Crippen molar-refractivity contribution in [2.75, 3.05) is 36.1 Å². The number of benzene rings is 2. The maximum atomic E-state index is 9.44. The van der Waals surface area contributed by atoms with Gasteiger partial charge in [-0.2, -0.15) is 0 Å². The van der Waals surface area contributed by atoms with E-state index in [1.54, 1.807) is 0 Å². The quantitative estimate of drug-likeness (QED) is 0.459. The smallest absolute Gasteiger partial charge is 0.0568 e. The van der Waals surface area contributed by atoms with Gasteiger partial charge in [-0.3, -0.25) is 0 Å². The summed E-state index contributed by atoms with van der Waals surface area (Å²) in [5.41, 5.74) is 6.38. The van der Waals surface area contributed by atoms with Crippen molar-refractivity contribution >= 4 is 11.4 Å². The second kappa shape index (κ2) is 10.4. The molecule has 35 heavy (non-hydrogen) atoms. The van der Waals surface area contributed by atoms with E-state index in [2.05, 4.69) is 116 Å². The van der Waals surface area contributed by atoms with Crippen molar-refractivity contribution in [2.24, 2.45) is 0 Å². The first kappa shape index (κ1) is 25.3. The fraction of sp³-hybridized carbons (Fsp3) is 0.419. The minimum absolute atomic E-state index is 0.00889. The number of nitrogens with zero attached hydrogens (tertiary/aromatic N) is 2. The van der Waals surface area contributed by atoms with Crippen molar-refractivity contribution in [3.8, 4) is 0 Å². The van der Waals surface area contributed by atoms with Gasteiger partial charge in [0.2, 0.25) is 0 Å². The molecule has 2 aliphatic heterocycles. The van der Waals surface area contributed by atoms with Gasteiger partial charge >= 0.3 is 0 Å². The summed E-state index contributed by atoms with van der Waals surface area (Å²) in [4.78, 5) is 4.79. The first-order valence-corrected chi connectivity index (χ1v) is 12.8. The Balaban J connectivity index is 1.57. The summed E-state index contributed by atoms with van der Waals surface area (Å²) in [7, 11) is 0. The molecule has 0 aliphatic carbocycles. The molecule has 0 spiro atoms. The van der Waals surface area contributed by atoms with Crippen molar-refractivity contribution in [1.29, 1.82) is 0 Å². The highest BCUT2D eigenvalue weighted by Gasteiger charge is 2.42. The van der Waals surface area contributed by atoms with E-state index in [1.807, 2.05) is 0 Å². The van der Waals surface area contributed by atoms with Gasteiger partial charge in [-0.1, -0.05) is 88.4 Å². The van der Waals surface area contributed by atoms with Crippen molar-refractivity contribution in [1.82, 2.24) is 0 Å². The highest BCUT2D eigenvalue weighted by molar-refractivity contribution is 5.70. The van der Waals surface area contributed by atoms with E-state index in [4.69, 9.17) is 0 Å². The summed E-state index contributed by atoms with van der Waals surface area (Å²) in [6, 6.07) is 17.5. The van der Waals surface area contributed by atoms with Crippen molar-refractivity contribution in [3.63, 3.8) is 0 Å². The summed E-state index contributed by atoms with van der Waals surface area (Å²) < 4.78 is 0. The zero-order valence-corrected chi connectivity index (χ0v) is 21.6. The molecule has 2 aliphatic rings. The van der Waals surface area contributed by atoms with Crippen LogP contribution in [0.1, 0.15) is 51.7 Å². The Morgan fingerprint density at radius 2 is 1.40 bits per heavy atom. The molecule has 4 rings (SSSR count). The van der Waals surface area contributed by atoms with Crippen LogP contribution in [0.5, 0.6) is 0 Å². The van der Waals surface area contributed by atoms with Gasteiger partial charge in [-0.25, -0.2) is 0 Å². The van der Waals surface area contributed by atoms with Crippen LogP contribution in [0.2, 0.25) is 0 Å². The van der Waals surface area contributed by atoms with E-state index in [-0.39, 0.29) is 30.1 Å². The van der Waals surface area contributed by atoms with Crippen molar-refractivity contribution < 1.29 is 10.2 Å². The predicted molar refractivity (Wildman–Crippen MR) is 147 cm³/mol. The lowest BCUT2D eigenvalue weighted by Crippen LogP contribution is -2.40. The summed E-state index contributed by atoms with van der Waals surface area (Å²) in [5.74, 6) is 0. The summed E-state index contributed by atoms with van der Waals surface area (Å²) in [6.07, 6.45) is 12.4. The lowest BCUT2D eigenvalue weighted by molar-refractivity contribution is 0.287.